The van der Waals surface area contributed by atoms with Gasteiger partial charge in [-0.3, -0.25) is 4.90 Å². The number of carbonyl (C=O) groups is 1. The molecule has 2 aromatic carbocycles. The number of aryl methyl sites for hydroxylation is 1. The van der Waals surface area contributed by atoms with Crippen LogP contribution in [0.25, 0.3) is 0 Å². The number of nitrogens with zero attached hydrogens (tertiary/aromatic N) is 1. The molecule has 1 atom stereocenters. The molecule has 0 unspecified atom stereocenters. The molecule has 0 bridgehead atoms. The lowest BCUT2D eigenvalue weighted by atomic mass is 9.91. The van der Waals surface area contributed by atoms with Crippen molar-refractivity contribution in [1.29, 1.82) is 0 Å². The monoisotopic (exact) mass is 397 g/mol. The van der Waals surface area contributed by atoms with Gasteiger partial charge in [0.25, 0.3) is 0 Å². The first kappa shape index (κ1) is 21.0. The minimum Gasteiger partial charge on any atom is -0.493 e. The lowest BCUT2D eigenvalue weighted by molar-refractivity contribution is 0.170. The van der Waals surface area contributed by atoms with Crippen LogP contribution in [0.15, 0.2) is 36.4 Å². The maximum atomic E-state index is 12.0. The molecular formula is C23H31N3O3. The van der Waals surface area contributed by atoms with E-state index in [0.29, 0.717) is 18.8 Å². The first-order valence-corrected chi connectivity index (χ1v) is 10.1. The van der Waals surface area contributed by atoms with Gasteiger partial charge >= 0.3 is 6.03 Å². The third-order valence-electron chi connectivity index (χ3n) is 5.41. The molecule has 2 aromatic rings. The third kappa shape index (κ3) is 5.01. The van der Waals surface area contributed by atoms with Crippen LogP contribution in [0.2, 0.25) is 0 Å². The van der Waals surface area contributed by atoms with E-state index in [1.807, 2.05) is 6.92 Å². The Labute approximate surface area is 173 Å². The van der Waals surface area contributed by atoms with Gasteiger partial charge in [0, 0.05) is 26.2 Å². The zero-order valence-electron chi connectivity index (χ0n) is 17.7. The highest BCUT2D eigenvalue weighted by molar-refractivity contribution is 5.73. The van der Waals surface area contributed by atoms with Crippen molar-refractivity contribution in [3.63, 3.8) is 0 Å². The number of urea groups is 1. The number of benzene rings is 2. The van der Waals surface area contributed by atoms with Crippen LogP contribution < -0.4 is 20.1 Å². The average Bonchev–Trinajstić information content (AvgIpc) is 2.73. The number of hydrogen-bond acceptors (Lipinski definition) is 4. The fraction of sp³-hybridized carbons (Fsp3) is 0.435. The van der Waals surface area contributed by atoms with Crippen LogP contribution in [0.4, 0.5) is 4.79 Å². The van der Waals surface area contributed by atoms with Gasteiger partial charge < -0.3 is 20.1 Å². The highest BCUT2D eigenvalue weighted by Gasteiger charge is 2.29. The molecule has 0 fully saturated rings. The second-order valence-electron chi connectivity index (χ2n) is 7.37. The smallest absolute Gasteiger partial charge is 0.314 e. The first-order chi connectivity index (χ1) is 14.0. The van der Waals surface area contributed by atoms with E-state index in [4.69, 9.17) is 9.47 Å². The summed E-state index contributed by atoms with van der Waals surface area (Å²) in [5.74, 6) is 1.46. The van der Waals surface area contributed by atoms with Gasteiger partial charge in [-0.05, 0) is 49.1 Å². The summed E-state index contributed by atoms with van der Waals surface area (Å²) < 4.78 is 11.0. The van der Waals surface area contributed by atoms with Crippen LogP contribution in [-0.4, -0.2) is 44.8 Å². The number of hydrogen-bond donors (Lipinski definition) is 2. The predicted molar refractivity (Wildman–Crippen MR) is 115 cm³/mol. The van der Waals surface area contributed by atoms with E-state index in [-0.39, 0.29) is 12.1 Å². The zero-order valence-corrected chi connectivity index (χ0v) is 17.7. The van der Waals surface area contributed by atoms with Crippen LogP contribution >= 0.6 is 0 Å². The molecule has 6 nitrogen and oxygen atoms in total. The number of carbonyl (C=O) groups excluding carboxylic acids is 1. The number of nitrogens with one attached hydrogen (secondary N) is 2. The molecule has 2 N–H and O–H groups in total. The maximum absolute atomic E-state index is 12.0. The van der Waals surface area contributed by atoms with Gasteiger partial charge in [-0.25, -0.2) is 4.79 Å². The van der Waals surface area contributed by atoms with Crippen molar-refractivity contribution in [2.45, 2.75) is 32.9 Å². The fourth-order valence-electron chi connectivity index (χ4n) is 3.85. The Kier molecular flexibility index (Phi) is 6.99. The summed E-state index contributed by atoms with van der Waals surface area (Å²) in [6.07, 6.45) is 0.930. The molecule has 0 aromatic heterocycles. The molecule has 0 radical (unpaired) electrons. The quantitative estimate of drug-likeness (QED) is 0.751. The molecule has 0 aliphatic carbocycles. The van der Waals surface area contributed by atoms with E-state index in [2.05, 4.69) is 58.9 Å². The molecule has 156 valence electrons. The molecule has 1 aliphatic heterocycles. The second-order valence-corrected chi connectivity index (χ2v) is 7.37. The van der Waals surface area contributed by atoms with E-state index >= 15 is 0 Å². The normalized spacial score (nSPS) is 16.1. The summed E-state index contributed by atoms with van der Waals surface area (Å²) in [7, 11) is 3.31. The molecule has 0 saturated carbocycles. The Bertz CT molecular complexity index is 836. The molecule has 0 spiro atoms. The van der Waals surface area contributed by atoms with Crippen LogP contribution in [-0.2, 0) is 13.0 Å². The van der Waals surface area contributed by atoms with Crippen molar-refractivity contribution < 1.29 is 14.3 Å². The Morgan fingerprint density at radius 3 is 2.45 bits per heavy atom. The standard InChI is InChI=1S/C23H31N3O3/c1-5-24-23(27)25-14-20-19-13-22(29-4)21(28-3)12-18(19)10-11-26(20)15-17-8-6-16(2)7-9-17/h6-9,12-13,20H,5,10-11,14-15H2,1-4H3,(H2,24,25,27)/t20-/m0/s1. The topological polar surface area (TPSA) is 62.8 Å². The minimum atomic E-state index is -0.143. The number of methoxy groups -OCH3 is 2. The third-order valence-corrected chi connectivity index (χ3v) is 5.41. The minimum absolute atomic E-state index is 0.0578. The van der Waals surface area contributed by atoms with Gasteiger partial charge in [0.05, 0.1) is 20.3 Å². The Morgan fingerprint density at radius 1 is 1.10 bits per heavy atom. The highest BCUT2D eigenvalue weighted by Crippen LogP contribution is 2.38. The molecule has 29 heavy (non-hydrogen) atoms. The van der Waals surface area contributed by atoms with Crippen LogP contribution in [0.3, 0.4) is 0 Å². The number of fused-ring (bicyclic) bond motifs is 1. The highest BCUT2D eigenvalue weighted by atomic mass is 16.5. The first-order valence-electron chi connectivity index (χ1n) is 10.1. The largest absolute Gasteiger partial charge is 0.493 e. The number of amides is 2. The Morgan fingerprint density at radius 2 is 1.79 bits per heavy atom. The summed E-state index contributed by atoms with van der Waals surface area (Å²) >= 11 is 0. The molecule has 6 heteroatoms. The summed E-state index contributed by atoms with van der Waals surface area (Å²) in [5.41, 5.74) is 4.94. The van der Waals surface area contributed by atoms with E-state index in [1.165, 1.54) is 22.3 Å². The van der Waals surface area contributed by atoms with E-state index in [1.54, 1.807) is 14.2 Å². The molecular weight excluding hydrogens is 366 g/mol. The van der Waals surface area contributed by atoms with Gasteiger partial charge in [0.2, 0.25) is 0 Å². The Balaban J connectivity index is 1.89. The molecule has 3 rings (SSSR count). The van der Waals surface area contributed by atoms with E-state index in [0.717, 1.165) is 25.3 Å². The van der Waals surface area contributed by atoms with Gasteiger partial charge in [0.15, 0.2) is 11.5 Å². The summed E-state index contributed by atoms with van der Waals surface area (Å²) in [6, 6.07) is 12.7. The second kappa shape index (κ2) is 9.65. The van der Waals surface area contributed by atoms with Crippen LogP contribution in [0.1, 0.15) is 35.2 Å². The van der Waals surface area contributed by atoms with Crippen LogP contribution in [0.5, 0.6) is 11.5 Å². The SMILES string of the molecule is CCNC(=O)NC[C@H]1c2cc(OC)c(OC)cc2CCN1Cc1ccc(C)cc1. The van der Waals surface area contributed by atoms with Crippen molar-refractivity contribution >= 4 is 6.03 Å². The molecule has 1 aliphatic rings. The average molecular weight is 398 g/mol. The predicted octanol–water partition coefficient (Wildman–Crippen LogP) is 3.43. The van der Waals surface area contributed by atoms with Gasteiger partial charge in [-0.2, -0.15) is 0 Å². The number of rotatable bonds is 7. The number of ether oxygens (including phenoxy) is 2. The van der Waals surface area contributed by atoms with Crippen molar-refractivity contribution in [2.24, 2.45) is 0 Å². The maximum Gasteiger partial charge on any atom is 0.314 e. The van der Waals surface area contributed by atoms with Crippen molar-refractivity contribution in [1.82, 2.24) is 15.5 Å². The lowest BCUT2D eigenvalue weighted by Crippen LogP contribution is -2.44. The van der Waals surface area contributed by atoms with Gasteiger partial charge in [-0.1, -0.05) is 29.8 Å². The zero-order chi connectivity index (χ0) is 20.8. The summed E-state index contributed by atoms with van der Waals surface area (Å²) in [5, 5.41) is 5.83. The van der Waals surface area contributed by atoms with Gasteiger partial charge in [-0.15, -0.1) is 0 Å². The molecule has 2 amide bonds. The molecule has 0 saturated heterocycles. The van der Waals surface area contributed by atoms with E-state index < -0.39 is 0 Å². The van der Waals surface area contributed by atoms with Crippen molar-refractivity contribution in [3.05, 3.63) is 58.7 Å². The summed E-state index contributed by atoms with van der Waals surface area (Å²) in [4.78, 5) is 14.5. The van der Waals surface area contributed by atoms with E-state index in [9.17, 15) is 4.79 Å². The van der Waals surface area contributed by atoms with Gasteiger partial charge in [0.1, 0.15) is 0 Å². The molecule has 1 heterocycles. The fourth-order valence-corrected chi connectivity index (χ4v) is 3.85. The lowest BCUT2D eigenvalue weighted by Gasteiger charge is -2.38. The Hall–Kier alpha value is -2.73. The van der Waals surface area contributed by atoms with Crippen LogP contribution in [0, 0.1) is 6.92 Å². The van der Waals surface area contributed by atoms with Crippen molar-refractivity contribution in [3.8, 4) is 11.5 Å². The van der Waals surface area contributed by atoms with Crippen molar-refractivity contribution in [2.75, 3.05) is 33.9 Å². The summed E-state index contributed by atoms with van der Waals surface area (Å²) in [6.45, 7) is 6.88.